The molecule has 0 fully saturated rings. The van der Waals surface area contributed by atoms with Crippen LogP contribution < -0.4 is 10.5 Å². The summed E-state index contributed by atoms with van der Waals surface area (Å²) < 4.78 is 5.59. The topological polar surface area (TPSA) is 55.6 Å². The summed E-state index contributed by atoms with van der Waals surface area (Å²) in [6.07, 6.45) is -0.588. The van der Waals surface area contributed by atoms with Crippen molar-refractivity contribution in [2.45, 2.75) is 19.6 Å². The van der Waals surface area contributed by atoms with Gasteiger partial charge in [-0.1, -0.05) is 23.7 Å². The fraction of sp³-hybridized carbons (Fsp3) is 0.417. The Labute approximate surface area is 106 Å². The Kier molecular flexibility index (Phi) is 4.78. The van der Waals surface area contributed by atoms with Crippen LogP contribution in [-0.4, -0.2) is 31.0 Å². The molecule has 1 aromatic carbocycles. The first-order valence-electron chi connectivity index (χ1n) is 5.32. The van der Waals surface area contributed by atoms with Gasteiger partial charge < -0.3 is 15.4 Å². The van der Waals surface area contributed by atoms with Crippen molar-refractivity contribution >= 4 is 17.5 Å². The standard InChI is InChI=1S/C12H17ClN2O2/c1-8(12(16)15(2)3)17-11-9(7-14)5-4-6-10(11)13/h4-6,8H,7,14H2,1-3H3. The molecule has 0 radical (unpaired) electrons. The summed E-state index contributed by atoms with van der Waals surface area (Å²) in [5.41, 5.74) is 6.39. The maximum Gasteiger partial charge on any atom is 0.262 e. The molecule has 2 N–H and O–H groups in total. The van der Waals surface area contributed by atoms with E-state index in [9.17, 15) is 4.79 Å². The first kappa shape index (κ1) is 13.8. The minimum absolute atomic E-state index is 0.118. The van der Waals surface area contributed by atoms with Gasteiger partial charge in [0.05, 0.1) is 5.02 Å². The number of benzene rings is 1. The smallest absolute Gasteiger partial charge is 0.262 e. The van der Waals surface area contributed by atoms with Gasteiger partial charge in [-0.2, -0.15) is 0 Å². The molecule has 1 aromatic rings. The predicted molar refractivity (Wildman–Crippen MR) is 68.1 cm³/mol. The highest BCUT2D eigenvalue weighted by Crippen LogP contribution is 2.29. The molecule has 5 heteroatoms. The largest absolute Gasteiger partial charge is 0.479 e. The number of halogens is 1. The molecular formula is C12H17ClN2O2. The maximum absolute atomic E-state index is 11.7. The van der Waals surface area contributed by atoms with E-state index in [4.69, 9.17) is 22.1 Å². The van der Waals surface area contributed by atoms with Crippen molar-refractivity contribution < 1.29 is 9.53 Å². The number of hydrogen-bond acceptors (Lipinski definition) is 3. The number of likely N-dealkylation sites (N-methyl/N-ethyl adjacent to an activating group) is 1. The Balaban J connectivity index is 2.91. The summed E-state index contributed by atoms with van der Waals surface area (Å²) in [7, 11) is 3.36. The average Bonchev–Trinajstić information content (AvgIpc) is 2.30. The maximum atomic E-state index is 11.7. The Morgan fingerprint density at radius 3 is 2.71 bits per heavy atom. The molecule has 0 aliphatic rings. The van der Waals surface area contributed by atoms with Crippen LogP contribution in [0.3, 0.4) is 0 Å². The van der Waals surface area contributed by atoms with Crippen LogP contribution in [0.2, 0.25) is 5.02 Å². The summed E-state index contributed by atoms with van der Waals surface area (Å²) in [6, 6.07) is 5.34. The number of carbonyl (C=O) groups is 1. The van der Waals surface area contributed by atoms with E-state index >= 15 is 0 Å². The van der Waals surface area contributed by atoms with E-state index in [1.165, 1.54) is 4.90 Å². The minimum atomic E-state index is -0.588. The van der Waals surface area contributed by atoms with E-state index in [1.807, 2.05) is 6.07 Å². The third-order valence-electron chi connectivity index (χ3n) is 2.35. The lowest BCUT2D eigenvalue weighted by Gasteiger charge is -2.20. The molecule has 0 aliphatic carbocycles. The van der Waals surface area contributed by atoms with Gasteiger partial charge in [-0.25, -0.2) is 0 Å². The molecule has 0 bridgehead atoms. The third kappa shape index (κ3) is 3.35. The summed E-state index contributed by atoms with van der Waals surface area (Å²) in [4.78, 5) is 13.2. The van der Waals surface area contributed by atoms with Crippen LogP contribution in [0.5, 0.6) is 5.75 Å². The van der Waals surface area contributed by atoms with Gasteiger partial charge in [-0.05, 0) is 13.0 Å². The highest BCUT2D eigenvalue weighted by atomic mass is 35.5. The van der Waals surface area contributed by atoms with E-state index in [2.05, 4.69) is 0 Å². The lowest BCUT2D eigenvalue weighted by atomic mass is 10.2. The molecule has 0 aliphatic heterocycles. The molecule has 0 heterocycles. The number of para-hydroxylation sites is 1. The lowest BCUT2D eigenvalue weighted by molar-refractivity contribution is -0.135. The number of rotatable bonds is 4. The van der Waals surface area contributed by atoms with Crippen LogP contribution in [0.1, 0.15) is 12.5 Å². The molecule has 94 valence electrons. The van der Waals surface area contributed by atoms with Gasteiger partial charge in [0.2, 0.25) is 0 Å². The first-order valence-corrected chi connectivity index (χ1v) is 5.70. The normalized spacial score (nSPS) is 12.1. The van der Waals surface area contributed by atoms with Crippen LogP contribution in [0, 0.1) is 0 Å². The van der Waals surface area contributed by atoms with Gasteiger partial charge in [0.15, 0.2) is 6.10 Å². The Morgan fingerprint density at radius 1 is 1.53 bits per heavy atom. The van der Waals surface area contributed by atoms with E-state index in [0.29, 0.717) is 17.3 Å². The Morgan fingerprint density at radius 2 is 2.18 bits per heavy atom. The summed E-state index contributed by atoms with van der Waals surface area (Å²) >= 11 is 6.03. The molecular weight excluding hydrogens is 240 g/mol. The summed E-state index contributed by atoms with van der Waals surface area (Å²) in [6.45, 7) is 2.00. The lowest BCUT2D eigenvalue weighted by Crippen LogP contribution is -2.35. The SMILES string of the molecule is CC(Oc1c(Cl)cccc1CN)C(=O)N(C)C. The fourth-order valence-corrected chi connectivity index (χ4v) is 1.68. The van der Waals surface area contributed by atoms with Crippen molar-refractivity contribution in [1.29, 1.82) is 0 Å². The number of nitrogens with two attached hydrogens (primary N) is 1. The monoisotopic (exact) mass is 256 g/mol. The summed E-state index contributed by atoms with van der Waals surface area (Å²) in [5.74, 6) is 0.368. The molecule has 0 saturated heterocycles. The molecule has 0 saturated carbocycles. The van der Waals surface area contributed by atoms with Crippen molar-refractivity contribution in [3.05, 3.63) is 28.8 Å². The molecule has 4 nitrogen and oxygen atoms in total. The number of ether oxygens (including phenoxy) is 1. The van der Waals surface area contributed by atoms with E-state index in [1.54, 1.807) is 33.2 Å². The molecule has 1 rings (SSSR count). The average molecular weight is 257 g/mol. The highest BCUT2D eigenvalue weighted by Gasteiger charge is 2.19. The molecule has 0 aromatic heterocycles. The molecule has 1 amide bonds. The zero-order chi connectivity index (χ0) is 13.0. The highest BCUT2D eigenvalue weighted by molar-refractivity contribution is 6.32. The van der Waals surface area contributed by atoms with Gasteiger partial charge in [0, 0.05) is 26.2 Å². The van der Waals surface area contributed by atoms with Gasteiger partial charge in [-0.3, -0.25) is 4.79 Å². The number of amides is 1. The minimum Gasteiger partial charge on any atom is -0.479 e. The zero-order valence-corrected chi connectivity index (χ0v) is 11.0. The molecule has 17 heavy (non-hydrogen) atoms. The second-order valence-corrected chi connectivity index (χ2v) is 4.33. The van der Waals surface area contributed by atoms with Crippen molar-refractivity contribution in [2.75, 3.05) is 14.1 Å². The van der Waals surface area contributed by atoms with Crippen LogP contribution in [0.15, 0.2) is 18.2 Å². The van der Waals surface area contributed by atoms with Crippen LogP contribution in [-0.2, 0) is 11.3 Å². The molecule has 0 spiro atoms. The third-order valence-corrected chi connectivity index (χ3v) is 2.65. The van der Waals surface area contributed by atoms with Gasteiger partial charge in [0.25, 0.3) is 5.91 Å². The van der Waals surface area contributed by atoms with E-state index in [-0.39, 0.29) is 5.91 Å². The zero-order valence-electron chi connectivity index (χ0n) is 10.2. The van der Waals surface area contributed by atoms with E-state index in [0.717, 1.165) is 5.56 Å². The van der Waals surface area contributed by atoms with Crippen molar-refractivity contribution in [3.8, 4) is 5.75 Å². The van der Waals surface area contributed by atoms with Crippen molar-refractivity contribution in [2.24, 2.45) is 5.73 Å². The Bertz CT molecular complexity index is 407. The van der Waals surface area contributed by atoms with Crippen LogP contribution in [0.4, 0.5) is 0 Å². The Hall–Kier alpha value is -1.26. The predicted octanol–water partition coefficient (Wildman–Crippen LogP) is 1.65. The number of hydrogen-bond donors (Lipinski definition) is 1. The van der Waals surface area contributed by atoms with Gasteiger partial charge in [0.1, 0.15) is 5.75 Å². The number of nitrogens with zero attached hydrogens (tertiary/aromatic N) is 1. The van der Waals surface area contributed by atoms with Crippen molar-refractivity contribution in [3.63, 3.8) is 0 Å². The second-order valence-electron chi connectivity index (χ2n) is 3.92. The summed E-state index contributed by atoms with van der Waals surface area (Å²) in [5, 5.41) is 0.464. The fourth-order valence-electron chi connectivity index (χ4n) is 1.44. The van der Waals surface area contributed by atoms with E-state index < -0.39 is 6.10 Å². The quantitative estimate of drug-likeness (QED) is 0.891. The number of carbonyl (C=O) groups excluding carboxylic acids is 1. The second kappa shape index (κ2) is 5.89. The van der Waals surface area contributed by atoms with Crippen LogP contribution in [0.25, 0.3) is 0 Å². The van der Waals surface area contributed by atoms with Crippen molar-refractivity contribution in [1.82, 2.24) is 4.90 Å². The van der Waals surface area contributed by atoms with Crippen LogP contribution >= 0.6 is 11.6 Å². The molecule has 1 atom stereocenters. The first-order chi connectivity index (χ1) is 7.97. The van der Waals surface area contributed by atoms with Gasteiger partial charge in [-0.15, -0.1) is 0 Å². The molecule has 1 unspecified atom stereocenters. The van der Waals surface area contributed by atoms with Gasteiger partial charge >= 0.3 is 0 Å².